The third-order valence-corrected chi connectivity index (χ3v) is 3.26. The van der Waals surface area contributed by atoms with Crippen molar-refractivity contribution in [3.05, 3.63) is 28.6 Å². The maximum Gasteiger partial charge on any atom is 0.320 e. The van der Waals surface area contributed by atoms with Crippen molar-refractivity contribution < 1.29 is 9.15 Å². The Labute approximate surface area is 128 Å². The van der Waals surface area contributed by atoms with Gasteiger partial charge in [-0.2, -0.15) is 0 Å². The third kappa shape index (κ3) is 4.09. The van der Waals surface area contributed by atoms with E-state index in [0.717, 1.165) is 11.3 Å². The Hall–Kier alpha value is -1.79. The number of methoxy groups -OCH3 is 1. The quantitative estimate of drug-likeness (QED) is 0.853. The van der Waals surface area contributed by atoms with Crippen LogP contribution in [0, 0.1) is 6.92 Å². The van der Waals surface area contributed by atoms with E-state index in [-0.39, 0.29) is 0 Å². The number of rotatable bonds is 6. The molecule has 1 aromatic heterocycles. The van der Waals surface area contributed by atoms with Crippen molar-refractivity contribution in [3.8, 4) is 5.75 Å². The van der Waals surface area contributed by atoms with Gasteiger partial charge < -0.3 is 19.8 Å². The van der Waals surface area contributed by atoms with Crippen molar-refractivity contribution >= 4 is 23.3 Å². The molecule has 0 atom stereocenters. The van der Waals surface area contributed by atoms with Crippen LogP contribution in [-0.4, -0.2) is 23.3 Å². The van der Waals surface area contributed by atoms with Gasteiger partial charge in [0.05, 0.1) is 19.3 Å². The summed E-state index contributed by atoms with van der Waals surface area (Å²) in [6.07, 6.45) is 0. The first kappa shape index (κ1) is 15.6. The number of hydrogen-bond acceptors (Lipinski definition) is 6. The summed E-state index contributed by atoms with van der Waals surface area (Å²) in [6.45, 7) is 6.55. The number of hydrogen-bond donors (Lipinski definition) is 2. The van der Waals surface area contributed by atoms with Gasteiger partial charge in [0.1, 0.15) is 5.75 Å². The van der Waals surface area contributed by atoms with Crippen LogP contribution in [-0.2, 0) is 6.54 Å². The van der Waals surface area contributed by atoms with Gasteiger partial charge in [0.15, 0.2) is 0 Å². The van der Waals surface area contributed by atoms with Crippen LogP contribution < -0.4 is 15.4 Å². The van der Waals surface area contributed by atoms with Crippen LogP contribution in [0.2, 0.25) is 5.02 Å². The van der Waals surface area contributed by atoms with Crippen LogP contribution in [0.1, 0.15) is 25.3 Å². The highest BCUT2D eigenvalue weighted by atomic mass is 35.5. The summed E-state index contributed by atoms with van der Waals surface area (Å²) in [6, 6.07) is 4.29. The molecular formula is C14H19ClN4O2. The lowest BCUT2D eigenvalue weighted by molar-refractivity contribution is 0.416. The van der Waals surface area contributed by atoms with Gasteiger partial charge in [0.25, 0.3) is 0 Å². The SMILES string of the molecule is COc1cc(Cl)c(C)cc1Nc1nnc(CNC(C)C)o1. The molecule has 0 unspecified atom stereocenters. The predicted molar refractivity (Wildman–Crippen MR) is 82.3 cm³/mol. The molecule has 0 saturated heterocycles. The van der Waals surface area contributed by atoms with Crippen LogP contribution >= 0.6 is 11.6 Å². The van der Waals surface area contributed by atoms with E-state index in [1.807, 2.05) is 13.0 Å². The summed E-state index contributed by atoms with van der Waals surface area (Å²) in [7, 11) is 1.58. The zero-order chi connectivity index (χ0) is 15.4. The third-order valence-electron chi connectivity index (χ3n) is 2.85. The molecule has 6 nitrogen and oxygen atoms in total. The Bertz CT molecular complexity index is 613. The smallest absolute Gasteiger partial charge is 0.320 e. The fraction of sp³-hybridized carbons (Fsp3) is 0.429. The maximum atomic E-state index is 6.08. The number of anilines is 2. The number of ether oxygens (including phenoxy) is 1. The van der Waals surface area contributed by atoms with Crippen LogP contribution in [0.3, 0.4) is 0 Å². The van der Waals surface area contributed by atoms with E-state index in [9.17, 15) is 0 Å². The van der Waals surface area contributed by atoms with Crippen LogP contribution in [0.5, 0.6) is 5.75 Å². The van der Waals surface area contributed by atoms with Gasteiger partial charge in [-0.05, 0) is 18.6 Å². The van der Waals surface area contributed by atoms with Gasteiger partial charge in [-0.3, -0.25) is 0 Å². The summed E-state index contributed by atoms with van der Waals surface area (Å²) in [5, 5.41) is 14.8. The van der Waals surface area contributed by atoms with Crippen LogP contribution in [0.15, 0.2) is 16.5 Å². The molecule has 0 fully saturated rings. The number of aryl methyl sites for hydroxylation is 1. The lowest BCUT2D eigenvalue weighted by Gasteiger charge is -2.10. The highest BCUT2D eigenvalue weighted by Crippen LogP contribution is 2.32. The molecular weight excluding hydrogens is 292 g/mol. The van der Waals surface area contributed by atoms with Gasteiger partial charge in [-0.15, -0.1) is 5.10 Å². The largest absolute Gasteiger partial charge is 0.495 e. The van der Waals surface area contributed by atoms with E-state index in [2.05, 4.69) is 34.7 Å². The molecule has 0 bridgehead atoms. The molecule has 114 valence electrons. The van der Waals surface area contributed by atoms with Crippen molar-refractivity contribution in [1.82, 2.24) is 15.5 Å². The Balaban J connectivity index is 2.13. The highest BCUT2D eigenvalue weighted by Gasteiger charge is 2.11. The fourth-order valence-electron chi connectivity index (χ4n) is 1.71. The van der Waals surface area contributed by atoms with Gasteiger partial charge in [-0.25, -0.2) is 0 Å². The van der Waals surface area contributed by atoms with Crippen molar-refractivity contribution in [2.24, 2.45) is 0 Å². The molecule has 7 heteroatoms. The van der Waals surface area contributed by atoms with Crippen LogP contribution in [0.4, 0.5) is 11.7 Å². The van der Waals surface area contributed by atoms with Gasteiger partial charge >= 0.3 is 6.01 Å². The van der Waals surface area contributed by atoms with E-state index < -0.39 is 0 Å². The van der Waals surface area contributed by atoms with E-state index >= 15 is 0 Å². The Morgan fingerprint density at radius 3 is 2.76 bits per heavy atom. The summed E-state index contributed by atoms with van der Waals surface area (Å²) in [5.74, 6) is 1.14. The minimum absolute atomic E-state index is 0.315. The molecule has 2 aromatic rings. The molecule has 0 amide bonds. The molecule has 21 heavy (non-hydrogen) atoms. The Morgan fingerprint density at radius 1 is 1.33 bits per heavy atom. The highest BCUT2D eigenvalue weighted by molar-refractivity contribution is 6.31. The maximum absolute atomic E-state index is 6.08. The minimum Gasteiger partial charge on any atom is -0.495 e. The molecule has 2 rings (SSSR count). The number of benzene rings is 1. The fourth-order valence-corrected chi connectivity index (χ4v) is 1.87. The molecule has 0 saturated carbocycles. The first-order valence-electron chi connectivity index (χ1n) is 6.66. The predicted octanol–water partition coefficient (Wildman–Crippen LogP) is 3.28. The topological polar surface area (TPSA) is 72.2 Å². The standard InChI is InChI=1S/C14H19ClN4O2/c1-8(2)16-7-13-18-19-14(21-13)17-11-5-9(3)10(15)6-12(11)20-4/h5-6,8,16H,7H2,1-4H3,(H,17,19). The van der Waals surface area contributed by atoms with E-state index in [1.165, 1.54) is 0 Å². The van der Waals surface area contributed by atoms with Crippen molar-refractivity contribution in [2.75, 3.05) is 12.4 Å². The molecule has 1 heterocycles. The monoisotopic (exact) mass is 310 g/mol. The van der Waals surface area contributed by atoms with Gasteiger partial charge in [0.2, 0.25) is 5.89 Å². The lowest BCUT2D eigenvalue weighted by Crippen LogP contribution is -2.21. The zero-order valence-corrected chi connectivity index (χ0v) is 13.3. The Kier molecular flexibility index (Phi) is 5.03. The number of halogens is 1. The summed E-state index contributed by atoms with van der Waals surface area (Å²) < 4.78 is 10.8. The number of nitrogens with zero attached hydrogens (tertiary/aromatic N) is 2. The summed E-state index contributed by atoms with van der Waals surface area (Å²) in [4.78, 5) is 0. The minimum atomic E-state index is 0.315. The first-order chi connectivity index (χ1) is 9.99. The zero-order valence-electron chi connectivity index (χ0n) is 12.5. The molecule has 2 N–H and O–H groups in total. The first-order valence-corrected chi connectivity index (χ1v) is 7.04. The molecule has 0 aliphatic carbocycles. The molecule has 0 aliphatic rings. The second-order valence-electron chi connectivity index (χ2n) is 4.96. The Morgan fingerprint density at radius 2 is 2.10 bits per heavy atom. The lowest BCUT2D eigenvalue weighted by atomic mass is 10.2. The summed E-state index contributed by atoms with van der Waals surface area (Å²) in [5.41, 5.74) is 1.66. The average Bonchev–Trinajstić information content (AvgIpc) is 2.88. The normalized spacial score (nSPS) is 11.0. The molecule has 1 aromatic carbocycles. The molecule has 0 aliphatic heterocycles. The second kappa shape index (κ2) is 6.78. The molecule has 0 spiro atoms. The van der Waals surface area contributed by atoms with E-state index in [1.54, 1.807) is 13.2 Å². The van der Waals surface area contributed by atoms with Crippen molar-refractivity contribution in [2.45, 2.75) is 33.4 Å². The van der Waals surface area contributed by atoms with E-state index in [0.29, 0.717) is 35.3 Å². The van der Waals surface area contributed by atoms with E-state index in [4.69, 9.17) is 20.8 Å². The van der Waals surface area contributed by atoms with Crippen molar-refractivity contribution in [3.63, 3.8) is 0 Å². The van der Waals surface area contributed by atoms with Crippen LogP contribution in [0.25, 0.3) is 0 Å². The molecule has 0 radical (unpaired) electrons. The van der Waals surface area contributed by atoms with Gasteiger partial charge in [0, 0.05) is 17.1 Å². The average molecular weight is 311 g/mol. The van der Waals surface area contributed by atoms with Gasteiger partial charge in [-0.1, -0.05) is 30.5 Å². The number of aromatic nitrogens is 2. The van der Waals surface area contributed by atoms with Crippen molar-refractivity contribution in [1.29, 1.82) is 0 Å². The number of nitrogens with one attached hydrogen (secondary N) is 2. The second-order valence-corrected chi connectivity index (χ2v) is 5.37. The summed E-state index contributed by atoms with van der Waals surface area (Å²) >= 11 is 6.08.